The molecule has 2 rings (SSSR count). The Morgan fingerprint density at radius 1 is 1.25 bits per heavy atom. The first-order valence-electron chi connectivity index (χ1n) is 9.79. The van der Waals surface area contributed by atoms with Crippen molar-refractivity contribution in [2.45, 2.75) is 32.2 Å². The van der Waals surface area contributed by atoms with Crippen molar-refractivity contribution in [3.63, 3.8) is 0 Å². The number of anilines is 1. The Morgan fingerprint density at radius 3 is 2.59 bits per heavy atom. The first-order valence-corrected chi connectivity index (χ1v) is 10.2. The predicted molar refractivity (Wildman–Crippen MR) is 124 cm³/mol. The van der Waals surface area contributed by atoms with E-state index in [1.807, 2.05) is 25.1 Å². The second-order valence-corrected chi connectivity index (χ2v) is 7.32. The molecule has 2 aromatic carbocycles. The topological polar surface area (TPSA) is 88.7 Å². The fraction of sp³-hybridized carbons (Fsp3) is 0.273. The second-order valence-electron chi connectivity index (χ2n) is 6.83. The standard InChI is InChI=1S/C22H25F3N4O2S/c1-2-16-10-17(5-8-20(16)29-14-30)21(32)12-28-13-27-11-18(26)9-15-3-6-19(7-4-15)31-22(23,24)25/h3-8,10,12-14,18,32H,2,9,11,26H2,1H3,(H,27,28)(H,29,30)/b21-12-. The third-order valence-corrected chi connectivity index (χ3v) is 4.76. The molecule has 10 heteroatoms. The number of alkyl halides is 3. The van der Waals surface area contributed by atoms with Crippen molar-refractivity contribution in [1.29, 1.82) is 0 Å². The molecule has 32 heavy (non-hydrogen) atoms. The van der Waals surface area contributed by atoms with Crippen LogP contribution in [0.1, 0.15) is 23.6 Å². The number of aryl methyl sites for hydroxylation is 1. The lowest BCUT2D eigenvalue weighted by Crippen LogP contribution is -2.26. The highest BCUT2D eigenvalue weighted by Gasteiger charge is 2.30. The Kier molecular flexibility index (Phi) is 9.61. The molecule has 0 heterocycles. The summed E-state index contributed by atoms with van der Waals surface area (Å²) in [7, 11) is 0. The summed E-state index contributed by atoms with van der Waals surface area (Å²) in [6, 6.07) is 10.9. The summed E-state index contributed by atoms with van der Waals surface area (Å²) < 4.78 is 40.4. The van der Waals surface area contributed by atoms with E-state index in [-0.39, 0.29) is 11.8 Å². The molecule has 4 N–H and O–H groups in total. The second kappa shape index (κ2) is 12.2. The average Bonchev–Trinajstić information content (AvgIpc) is 2.74. The molecule has 0 fully saturated rings. The predicted octanol–water partition coefficient (Wildman–Crippen LogP) is 4.13. The summed E-state index contributed by atoms with van der Waals surface area (Å²) in [5.41, 5.74) is 9.46. The number of nitrogens with two attached hydrogens (primary N) is 1. The average molecular weight is 467 g/mol. The number of nitrogens with one attached hydrogen (secondary N) is 2. The molecule has 1 unspecified atom stereocenters. The number of nitrogens with zero attached hydrogens (tertiary/aromatic N) is 1. The molecule has 1 amide bonds. The van der Waals surface area contributed by atoms with Crippen molar-refractivity contribution in [3.8, 4) is 5.75 Å². The number of aliphatic imine (C=N–C) groups is 1. The molecule has 0 saturated heterocycles. The SMILES string of the molecule is CCc1cc(/C(S)=C/NC=NCC(N)Cc2ccc(OC(F)(F)F)cc2)ccc1NC=O. The van der Waals surface area contributed by atoms with Gasteiger partial charge in [0.15, 0.2) is 0 Å². The minimum absolute atomic E-state index is 0.271. The number of benzene rings is 2. The van der Waals surface area contributed by atoms with E-state index < -0.39 is 6.36 Å². The van der Waals surface area contributed by atoms with Crippen LogP contribution in [0.4, 0.5) is 18.9 Å². The molecule has 172 valence electrons. The zero-order valence-corrected chi connectivity index (χ0v) is 18.3. The number of ether oxygens (including phenoxy) is 1. The molecule has 6 nitrogen and oxygen atoms in total. The maximum atomic E-state index is 12.2. The number of amides is 1. The van der Waals surface area contributed by atoms with E-state index in [4.69, 9.17) is 5.73 Å². The van der Waals surface area contributed by atoms with Crippen LogP contribution in [-0.2, 0) is 17.6 Å². The first-order chi connectivity index (χ1) is 15.2. The molecule has 0 aliphatic heterocycles. The molecule has 0 aliphatic carbocycles. The molecular weight excluding hydrogens is 441 g/mol. The number of carbonyl (C=O) groups is 1. The number of hydrogen-bond acceptors (Lipinski definition) is 5. The van der Waals surface area contributed by atoms with Gasteiger partial charge in [-0.15, -0.1) is 25.8 Å². The van der Waals surface area contributed by atoms with Crippen LogP contribution < -0.4 is 21.1 Å². The van der Waals surface area contributed by atoms with Crippen LogP contribution in [0.5, 0.6) is 5.75 Å². The van der Waals surface area contributed by atoms with Gasteiger partial charge in [0.2, 0.25) is 6.41 Å². The summed E-state index contributed by atoms with van der Waals surface area (Å²) in [5, 5.41) is 5.60. The molecule has 0 saturated carbocycles. The Labute approximate surface area is 190 Å². The highest BCUT2D eigenvalue weighted by molar-refractivity contribution is 7.90. The van der Waals surface area contributed by atoms with Crippen LogP contribution in [0.2, 0.25) is 0 Å². The minimum atomic E-state index is -4.71. The van der Waals surface area contributed by atoms with E-state index in [9.17, 15) is 18.0 Å². The van der Waals surface area contributed by atoms with Crippen LogP contribution in [0.3, 0.4) is 0 Å². The van der Waals surface area contributed by atoms with Crippen molar-refractivity contribution in [2.75, 3.05) is 11.9 Å². The van der Waals surface area contributed by atoms with Crippen LogP contribution in [0, 0.1) is 0 Å². The van der Waals surface area contributed by atoms with E-state index >= 15 is 0 Å². The lowest BCUT2D eigenvalue weighted by molar-refractivity contribution is -0.274. The van der Waals surface area contributed by atoms with Gasteiger partial charge in [-0.25, -0.2) is 0 Å². The summed E-state index contributed by atoms with van der Waals surface area (Å²) >= 11 is 4.48. The number of hydrogen-bond donors (Lipinski definition) is 4. The Hall–Kier alpha value is -2.98. The third kappa shape index (κ3) is 8.64. The number of rotatable bonds is 11. The zero-order valence-electron chi connectivity index (χ0n) is 17.4. The number of halogens is 3. The van der Waals surface area contributed by atoms with E-state index in [2.05, 4.69) is 33.0 Å². The Morgan fingerprint density at radius 2 is 1.97 bits per heavy atom. The van der Waals surface area contributed by atoms with E-state index in [1.54, 1.807) is 18.3 Å². The molecule has 0 bridgehead atoms. The monoisotopic (exact) mass is 466 g/mol. The van der Waals surface area contributed by atoms with E-state index in [0.717, 1.165) is 28.8 Å². The summed E-state index contributed by atoms with van der Waals surface area (Å²) in [5.74, 6) is -0.271. The molecule has 2 aromatic rings. The quantitative estimate of drug-likeness (QED) is 0.174. The van der Waals surface area contributed by atoms with Crippen molar-refractivity contribution < 1.29 is 22.7 Å². The van der Waals surface area contributed by atoms with Gasteiger partial charge in [0.1, 0.15) is 5.75 Å². The Bertz CT molecular complexity index is 947. The molecule has 1 atom stereocenters. The van der Waals surface area contributed by atoms with E-state index in [1.165, 1.54) is 18.5 Å². The Balaban J connectivity index is 1.83. The summed E-state index contributed by atoms with van der Waals surface area (Å²) in [6.45, 7) is 2.32. The number of thiol groups is 1. The van der Waals surface area contributed by atoms with Gasteiger partial charge in [0, 0.05) is 22.8 Å². The van der Waals surface area contributed by atoms with Gasteiger partial charge < -0.3 is 21.1 Å². The molecule has 0 aromatic heterocycles. The van der Waals surface area contributed by atoms with Crippen molar-refractivity contribution in [3.05, 3.63) is 65.4 Å². The normalized spacial score (nSPS) is 13.1. The van der Waals surface area contributed by atoms with Gasteiger partial charge in [-0.05, 0) is 53.8 Å². The molecular formula is C22H25F3N4O2S. The summed E-state index contributed by atoms with van der Waals surface area (Å²) in [6.07, 6.45) is 0.328. The third-order valence-electron chi connectivity index (χ3n) is 4.38. The highest BCUT2D eigenvalue weighted by atomic mass is 32.1. The van der Waals surface area contributed by atoms with Gasteiger partial charge in [-0.3, -0.25) is 9.79 Å². The van der Waals surface area contributed by atoms with Crippen LogP contribution in [-0.4, -0.2) is 31.7 Å². The lowest BCUT2D eigenvalue weighted by atomic mass is 10.1. The maximum absolute atomic E-state index is 12.2. The van der Waals surface area contributed by atoms with Crippen molar-refractivity contribution >= 4 is 36.0 Å². The fourth-order valence-electron chi connectivity index (χ4n) is 2.88. The van der Waals surface area contributed by atoms with Gasteiger partial charge >= 0.3 is 6.36 Å². The van der Waals surface area contributed by atoms with Gasteiger partial charge in [0.05, 0.1) is 12.9 Å². The highest BCUT2D eigenvalue weighted by Crippen LogP contribution is 2.24. The maximum Gasteiger partial charge on any atom is 0.573 e. The molecule has 0 spiro atoms. The zero-order chi connectivity index (χ0) is 23.6. The van der Waals surface area contributed by atoms with Gasteiger partial charge in [-0.2, -0.15) is 0 Å². The smallest absolute Gasteiger partial charge is 0.406 e. The first kappa shape index (κ1) is 25.3. The summed E-state index contributed by atoms with van der Waals surface area (Å²) in [4.78, 5) is 15.6. The largest absolute Gasteiger partial charge is 0.573 e. The molecule has 0 aliphatic rings. The molecule has 0 radical (unpaired) electrons. The van der Waals surface area contributed by atoms with Crippen molar-refractivity contribution in [1.82, 2.24) is 5.32 Å². The lowest BCUT2D eigenvalue weighted by Gasteiger charge is -2.11. The number of carbonyl (C=O) groups excluding carboxylic acids is 1. The van der Waals surface area contributed by atoms with Crippen molar-refractivity contribution in [2.24, 2.45) is 10.7 Å². The van der Waals surface area contributed by atoms with Gasteiger partial charge in [-0.1, -0.05) is 25.1 Å². The fourth-order valence-corrected chi connectivity index (χ4v) is 3.10. The van der Waals surface area contributed by atoms with Crippen LogP contribution in [0.15, 0.2) is 53.7 Å². The van der Waals surface area contributed by atoms with Gasteiger partial charge in [0.25, 0.3) is 0 Å². The van der Waals surface area contributed by atoms with E-state index in [0.29, 0.717) is 24.3 Å². The minimum Gasteiger partial charge on any atom is -0.406 e. The van der Waals surface area contributed by atoms with Crippen LogP contribution in [0.25, 0.3) is 4.91 Å². The van der Waals surface area contributed by atoms with Crippen LogP contribution >= 0.6 is 12.6 Å².